The average Bonchev–Trinajstić information content (AvgIpc) is 3.05. The first kappa shape index (κ1) is 18.5. The molecule has 0 amide bonds. The van der Waals surface area contributed by atoms with Gasteiger partial charge in [0.1, 0.15) is 11.4 Å². The zero-order valence-electron chi connectivity index (χ0n) is 14.3. The Kier molecular flexibility index (Phi) is 5.97. The van der Waals surface area contributed by atoms with E-state index in [-0.39, 0.29) is 30.0 Å². The normalized spacial score (nSPS) is 16.5. The van der Waals surface area contributed by atoms with Crippen LogP contribution in [0.25, 0.3) is 11.0 Å². The van der Waals surface area contributed by atoms with Gasteiger partial charge in [-0.2, -0.15) is 0 Å². The zero-order valence-corrected chi connectivity index (χ0v) is 16.6. The largest absolute Gasteiger partial charge is 0.493 e. The van der Waals surface area contributed by atoms with Crippen molar-refractivity contribution in [3.05, 3.63) is 59.9 Å². The van der Waals surface area contributed by atoms with Gasteiger partial charge in [0.05, 0.1) is 12.6 Å². The van der Waals surface area contributed by atoms with E-state index in [4.69, 9.17) is 10.5 Å². The van der Waals surface area contributed by atoms with Crippen molar-refractivity contribution in [2.45, 2.75) is 18.9 Å². The Labute approximate surface area is 169 Å². The number of hydrogen-bond donors (Lipinski definition) is 3. The number of ether oxygens (including phenoxy) is 1. The van der Waals surface area contributed by atoms with Gasteiger partial charge in [0, 0.05) is 36.3 Å². The van der Waals surface area contributed by atoms with Crippen LogP contribution in [-0.4, -0.2) is 29.1 Å². The second kappa shape index (κ2) is 8.39. The predicted molar refractivity (Wildman–Crippen MR) is 114 cm³/mol. The van der Waals surface area contributed by atoms with Crippen LogP contribution >= 0.6 is 24.0 Å². The fraction of sp³-hybridized carbons (Fsp3) is 0.263. The van der Waals surface area contributed by atoms with Crippen LogP contribution in [0.15, 0.2) is 53.8 Å². The lowest BCUT2D eigenvalue weighted by Gasteiger charge is -2.26. The summed E-state index contributed by atoms with van der Waals surface area (Å²) >= 11 is 0. The van der Waals surface area contributed by atoms with Gasteiger partial charge in [-0.15, -0.1) is 24.0 Å². The molecule has 0 saturated carbocycles. The van der Waals surface area contributed by atoms with Crippen molar-refractivity contribution in [1.29, 1.82) is 0 Å². The fourth-order valence-electron chi connectivity index (χ4n) is 3.23. The van der Waals surface area contributed by atoms with E-state index in [9.17, 15) is 0 Å². The van der Waals surface area contributed by atoms with Crippen LogP contribution < -0.4 is 15.8 Å². The van der Waals surface area contributed by atoms with Crippen LogP contribution in [0.2, 0.25) is 0 Å². The average molecular weight is 463 g/mol. The van der Waals surface area contributed by atoms with Crippen LogP contribution in [-0.2, 0) is 6.42 Å². The summed E-state index contributed by atoms with van der Waals surface area (Å²) in [4.78, 5) is 12.0. The molecule has 1 aliphatic heterocycles. The highest BCUT2D eigenvalue weighted by molar-refractivity contribution is 14.0. The summed E-state index contributed by atoms with van der Waals surface area (Å²) in [5.41, 5.74) is 9.34. The molecule has 4 rings (SSSR count). The number of fused-ring (bicyclic) bond motifs is 2. The first-order valence-corrected chi connectivity index (χ1v) is 8.50. The lowest BCUT2D eigenvalue weighted by atomic mass is 10.0. The molecular formula is C19H22IN5O. The molecule has 7 heteroatoms. The first-order chi connectivity index (χ1) is 12.3. The van der Waals surface area contributed by atoms with Gasteiger partial charge in [-0.25, -0.2) is 4.98 Å². The number of nitrogens with zero attached hydrogens (tertiary/aromatic N) is 2. The third-order valence-corrected chi connectivity index (χ3v) is 4.48. The molecule has 1 aliphatic rings. The number of rotatable bonds is 4. The Hall–Kier alpha value is -2.29. The molecule has 0 fully saturated rings. The SMILES string of the molecule is I.NC(=NCCc1c[nH]c2ncccc12)NC1CCOc2ccccc21. The van der Waals surface area contributed by atoms with E-state index in [2.05, 4.69) is 32.4 Å². The standard InChI is InChI=1S/C19H21N5O.HI/c20-19(24-16-8-11-25-17-6-2-1-4-15(16)17)22-10-7-13-12-23-18-14(13)5-3-9-21-18;/h1-6,9,12,16H,7-8,10-11H2,(H,21,23)(H3,20,22,24);1H. The van der Waals surface area contributed by atoms with Crippen LogP contribution in [0.4, 0.5) is 0 Å². The summed E-state index contributed by atoms with van der Waals surface area (Å²) in [7, 11) is 0. The van der Waals surface area contributed by atoms with E-state index in [0.29, 0.717) is 19.1 Å². The Morgan fingerprint density at radius 2 is 2.19 bits per heavy atom. The number of para-hydroxylation sites is 1. The van der Waals surface area contributed by atoms with Gasteiger partial charge < -0.3 is 20.8 Å². The van der Waals surface area contributed by atoms with Crippen LogP contribution in [0.3, 0.4) is 0 Å². The van der Waals surface area contributed by atoms with Gasteiger partial charge >= 0.3 is 0 Å². The quantitative estimate of drug-likeness (QED) is 0.315. The van der Waals surface area contributed by atoms with Crippen molar-refractivity contribution in [2.24, 2.45) is 10.7 Å². The molecule has 26 heavy (non-hydrogen) atoms. The first-order valence-electron chi connectivity index (χ1n) is 8.50. The smallest absolute Gasteiger partial charge is 0.189 e. The Morgan fingerprint density at radius 3 is 3.12 bits per heavy atom. The van der Waals surface area contributed by atoms with Crippen LogP contribution in [0.1, 0.15) is 23.6 Å². The fourth-order valence-corrected chi connectivity index (χ4v) is 3.23. The molecule has 1 aromatic carbocycles. The van der Waals surface area contributed by atoms with Gasteiger partial charge in [-0.05, 0) is 30.2 Å². The van der Waals surface area contributed by atoms with Gasteiger partial charge in [-0.1, -0.05) is 18.2 Å². The molecule has 0 spiro atoms. The highest BCUT2D eigenvalue weighted by atomic mass is 127. The molecule has 1 atom stereocenters. The number of nitrogens with two attached hydrogens (primary N) is 1. The maximum absolute atomic E-state index is 6.09. The summed E-state index contributed by atoms with van der Waals surface area (Å²) in [5, 5.41) is 4.46. The summed E-state index contributed by atoms with van der Waals surface area (Å²) in [6.07, 6.45) is 5.47. The third kappa shape index (κ3) is 3.92. The Balaban J connectivity index is 0.00000196. The summed E-state index contributed by atoms with van der Waals surface area (Å²) < 4.78 is 5.68. The van der Waals surface area contributed by atoms with E-state index in [1.165, 1.54) is 5.56 Å². The number of H-pyrrole nitrogens is 1. The second-order valence-electron chi connectivity index (χ2n) is 6.10. The highest BCUT2D eigenvalue weighted by Crippen LogP contribution is 2.31. The molecule has 1 unspecified atom stereocenters. The van der Waals surface area contributed by atoms with Crippen molar-refractivity contribution in [2.75, 3.05) is 13.2 Å². The summed E-state index contributed by atoms with van der Waals surface area (Å²) in [5.74, 6) is 1.39. The topological polar surface area (TPSA) is 88.3 Å². The van der Waals surface area contributed by atoms with E-state index in [1.54, 1.807) is 6.20 Å². The molecule has 3 aromatic rings. The van der Waals surface area contributed by atoms with Crippen molar-refractivity contribution in [1.82, 2.24) is 15.3 Å². The van der Waals surface area contributed by atoms with Crippen LogP contribution in [0, 0.1) is 0 Å². The molecule has 6 nitrogen and oxygen atoms in total. The molecule has 0 bridgehead atoms. The lowest BCUT2D eigenvalue weighted by molar-refractivity contribution is 0.262. The van der Waals surface area contributed by atoms with Crippen molar-refractivity contribution < 1.29 is 4.74 Å². The number of aromatic nitrogens is 2. The Bertz CT molecular complexity index is 908. The number of halogens is 1. The maximum atomic E-state index is 6.09. The molecule has 136 valence electrons. The van der Waals surface area contributed by atoms with E-state index < -0.39 is 0 Å². The molecular weight excluding hydrogens is 441 g/mol. The minimum Gasteiger partial charge on any atom is -0.493 e. The molecule has 2 aromatic heterocycles. The molecule has 4 N–H and O–H groups in total. The van der Waals surface area contributed by atoms with Crippen molar-refractivity contribution in [3.8, 4) is 5.75 Å². The van der Waals surface area contributed by atoms with Gasteiger partial charge in [0.15, 0.2) is 5.96 Å². The number of guanidine groups is 1. The minimum absolute atomic E-state index is 0. The lowest BCUT2D eigenvalue weighted by Crippen LogP contribution is -2.37. The number of aromatic amines is 1. The molecule has 0 radical (unpaired) electrons. The van der Waals surface area contributed by atoms with Gasteiger partial charge in [-0.3, -0.25) is 4.99 Å². The number of hydrogen-bond acceptors (Lipinski definition) is 3. The summed E-state index contributed by atoms with van der Waals surface area (Å²) in [6, 6.07) is 12.2. The Morgan fingerprint density at radius 1 is 1.31 bits per heavy atom. The van der Waals surface area contributed by atoms with Crippen LogP contribution in [0.5, 0.6) is 5.75 Å². The zero-order chi connectivity index (χ0) is 17.1. The molecule has 0 aliphatic carbocycles. The number of aliphatic imine (C=N–C) groups is 1. The molecule has 3 heterocycles. The van der Waals surface area contributed by atoms with Crippen molar-refractivity contribution in [3.63, 3.8) is 0 Å². The number of benzene rings is 1. The van der Waals surface area contributed by atoms with Crippen molar-refractivity contribution >= 4 is 41.0 Å². The number of nitrogens with one attached hydrogen (secondary N) is 2. The predicted octanol–water partition coefficient (Wildman–Crippen LogP) is 3.15. The summed E-state index contributed by atoms with van der Waals surface area (Å²) in [6.45, 7) is 1.32. The van der Waals surface area contributed by atoms with Gasteiger partial charge in [0.25, 0.3) is 0 Å². The minimum atomic E-state index is 0. The number of pyridine rings is 1. The monoisotopic (exact) mass is 463 g/mol. The van der Waals surface area contributed by atoms with E-state index in [0.717, 1.165) is 35.2 Å². The second-order valence-corrected chi connectivity index (χ2v) is 6.10. The third-order valence-electron chi connectivity index (χ3n) is 4.48. The maximum Gasteiger partial charge on any atom is 0.189 e. The van der Waals surface area contributed by atoms with E-state index in [1.807, 2.05) is 30.5 Å². The van der Waals surface area contributed by atoms with E-state index >= 15 is 0 Å². The highest BCUT2D eigenvalue weighted by Gasteiger charge is 2.21. The molecule has 0 saturated heterocycles. The van der Waals surface area contributed by atoms with Gasteiger partial charge in [0.2, 0.25) is 0 Å².